The van der Waals surface area contributed by atoms with Crippen LogP contribution in [0.2, 0.25) is 0 Å². The summed E-state index contributed by atoms with van der Waals surface area (Å²) in [6, 6.07) is 6.83. The maximum atomic E-state index is 12.0. The topological polar surface area (TPSA) is 84.2 Å². The first-order chi connectivity index (χ1) is 9.70. The predicted molar refractivity (Wildman–Crippen MR) is 90.3 cm³/mol. The first-order valence-electron chi connectivity index (χ1n) is 7.23. The lowest BCUT2D eigenvalue weighted by molar-refractivity contribution is -0.123. The second-order valence-corrected chi connectivity index (χ2v) is 6.75. The maximum Gasteiger partial charge on any atom is 0.251 e. The third-order valence-corrected chi connectivity index (χ3v) is 3.59. The van der Waals surface area contributed by atoms with E-state index in [1.807, 2.05) is 20.8 Å². The van der Waals surface area contributed by atoms with Crippen molar-refractivity contribution in [3.63, 3.8) is 0 Å². The standard InChI is InChI=1S/C16H23N3O2.ClH/c1-15(2,3)19-13(20)11-5-7-12(8-6-11)18-14(21)16(17)9-4-10-16;/h5-8H,4,9-10,17H2,1-3H3,(H,18,21)(H,19,20);1H. The number of hydrogen-bond donors (Lipinski definition) is 3. The Balaban J connectivity index is 0.00000242. The minimum Gasteiger partial charge on any atom is -0.347 e. The molecule has 22 heavy (non-hydrogen) atoms. The van der Waals surface area contributed by atoms with Gasteiger partial charge in [-0.25, -0.2) is 0 Å². The minimum absolute atomic E-state index is 0. The summed E-state index contributed by atoms with van der Waals surface area (Å²) < 4.78 is 0. The second kappa shape index (κ2) is 6.67. The summed E-state index contributed by atoms with van der Waals surface area (Å²) in [5.41, 5.74) is 6.19. The molecule has 2 amide bonds. The van der Waals surface area contributed by atoms with Crippen molar-refractivity contribution in [3.05, 3.63) is 29.8 Å². The molecule has 0 heterocycles. The Hall–Kier alpha value is -1.59. The van der Waals surface area contributed by atoms with Crippen LogP contribution in [0.3, 0.4) is 0 Å². The third kappa shape index (κ3) is 4.45. The molecule has 0 atom stereocenters. The molecule has 1 aromatic rings. The van der Waals surface area contributed by atoms with E-state index in [-0.39, 0.29) is 29.8 Å². The summed E-state index contributed by atoms with van der Waals surface area (Å²) in [5, 5.41) is 5.70. The normalized spacial score (nSPS) is 16.0. The summed E-state index contributed by atoms with van der Waals surface area (Å²) in [5.74, 6) is -0.282. The van der Waals surface area contributed by atoms with Gasteiger partial charge in [-0.3, -0.25) is 9.59 Å². The fraction of sp³-hybridized carbons (Fsp3) is 0.500. The van der Waals surface area contributed by atoms with Crippen molar-refractivity contribution in [2.75, 3.05) is 5.32 Å². The number of hydrogen-bond acceptors (Lipinski definition) is 3. The van der Waals surface area contributed by atoms with Crippen LogP contribution in [0.1, 0.15) is 50.4 Å². The molecule has 5 nitrogen and oxygen atoms in total. The maximum absolute atomic E-state index is 12.0. The molecule has 0 aromatic heterocycles. The Morgan fingerprint density at radius 2 is 1.68 bits per heavy atom. The SMILES string of the molecule is CC(C)(C)NC(=O)c1ccc(NC(=O)C2(N)CCC2)cc1.Cl. The molecule has 1 saturated carbocycles. The van der Waals surface area contributed by atoms with Crippen molar-refractivity contribution in [3.8, 4) is 0 Å². The van der Waals surface area contributed by atoms with E-state index in [1.165, 1.54) is 0 Å². The average molecular weight is 326 g/mol. The molecule has 0 saturated heterocycles. The van der Waals surface area contributed by atoms with E-state index in [0.717, 1.165) is 19.3 Å². The van der Waals surface area contributed by atoms with Gasteiger partial charge in [-0.1, -0.05) is 0 Å². The lowest BCUT2D eigenvalue weighted by Crippen LogP contribution is -2.56. The largest absolute Gasteiger partial charge is 0.347 e. The highest BCUT2D eigenvalue weighted by Gasteiger charge is 2.40. The molecule has 0 spiro atoms. The number of carbonyl (C=O) groups excluding carboxylic acids is 2. The van der Waals surface area contributed by atoms with Crippen LogP contribution >= 0.6 is 12.4 Å². The van der Waals surface area contributed by atoms with Crippen LogP contribution in [0.4, 0.5) is 5.69 Å². The van der Waals surface area contributed by atoms with Crippen LogP contribution in [0.25, 0.3) is 0 Å². The molecular formula is C16H24ClN3O2. The Morgan fingerprint density at radius 1 is 1.14 bits per heavy atom. The molecule has 0 bridgehead atoms. The van der Waals surface area contributed by atoms with Crippen molar-refractivity contribution in [2.24, 2.45) is 5.73 Å². The molecule has 1 aromatic carbocycles. The number of halogens is 1. The monoisotopic (exact) mass is 325 g/mol. The average Bonchev–Trinajstić information content (AvgIpc) is 2.34. The van der Waals surface area contributed by atoms with Gasteiger partial charge in [0.15, 0.2) is 0 Å². The highest BCUT2D eigenvalue weighted by atomic mass is 35.5. The number of amides is 2. The minimum atomic E-state index is -0.720. The van der Waals surface area contributed by atoms with Crippen LogP contribution in [0, 0.1) is 0 Å². The first-order valence-corrected chi connectivity index (χ1v) is 7.23. The van der Waals surface area contributed by atoms with Gasteiger partial charge in [0.1, 0.15) is 0 Å². The Kier molecular flexibility index (Phi) is 5.59. The van der Waals surface area contributed by atoms with Gasteiger partial charge in [0.25, 0.3) is 5.91 Å². The Morgan fingerprint density at radius 3 is 2.09 bits per heavy atom. The molecule has 6 heteroatoms. The van der Waals surface area contributed by atoms with E-state index in [9.17, 15) is 9.59 Å². The van der Waals surface area contributed by atoms with Gasteiger partial charge in [-0.2, -0.15) is 0 Å². The van der Waals surface area contributed by atoms with Crippen LogP contribution in [-0.2, 0) is 4.79 Å². The third-order valence-electron chi connectivity index (χ3n) is 3.59. The number of rotatable bonds is 3. The zero-order valence-corrected chi connectivity index (χ0v) is 14.0. The molecular weight excluding hydrogens is 302 g/mol. The van der Waals surface area contributed by atoms with E-state index in [2.05, 4.69) is 10.6 Å². The molecule has 4 N–H and O–H groups in total. The van der Waals surface area contributed by atoms with Gasteiger partial charge in [-0.15, -0.1) is 12.4 Å². The number of benzene rings is 1. The number of anilines is 1. The van der Waals surface area contributed by atoms with Crippen LogP contribution in [0.5, 0.6) is 0 Å². The van der Waals surface area contributed by atoms with Crippen molar-refractivity contribution in [1.29, 1.82) is 0 Å². The number of nitrogens with one attached hydrogen (secondary N) is 2. The van der Waals surface area contributed by atoms with Gasteiger partial charge in [0, 0.05) is 16.8 Å². The first kappa shape index (κ1) is 18.5. The zero-order chi connectivity index (χ0) is 15.7. The molecule has 0 unspecified atom stereocenters. The lowest BCUT2D eigenvalue weighted by Gasteiger charge is -2.36. The van der Waals surface area contributed by atoms with Crippen molar-refractivity contribution >= 4 is 29.9 Å². The van der Waals surface area contributed by atoms with Crippen LogP contribution < -0.4 is 16.4 Å². The highest BCUT2D eigenvalue weighted by molar-refractivity contribution is 5.99. The van der Waals surface area contributed by atoms with E-state index >= 15 is 0 Å². The molecule has 0 aliphatic heterocycles. The fourth-order valence-corrected chi connectivity index (χ4v) is 2.16. The van der Waals surface area contributed by atoms with E-state index in [4.69, 9.17) is 5.73 Å². The van der Waals surface area contributed by atoms with Gasteiger partial charge in [-0.05, 0) is 64.3 Å². The van der Waals surface area contributed by atoms with Crippen molar-refractivity contribution in [1.82, 2.24) is 5.32 Å². The number of carbonyl (C=O) groups is 2. The summed E-state index contributed by atoms with van der Waals surface area (Å²) in [7, 11) is 0. The zero-order valence-electron chi connectivity index (χ0n) is 13.2. The smallest absolute Gasteiger partial charge is 0.251 e. The Bertz CT molecular complexity index is 546. The van der Waals surface area contributed by atoms with E-state index < -0.39 is 5.54 Å². The summed E-state index contributed by atoms with van der Waals surface area (Å²) in [6.45, 7) is 5.79. The fourth-order valence-electron chi connectivity index (χ4n) is 2.16. The van der Waals surface area contributed by atoms with E-state index in [0.29, 0.717) is 11.3 Å². The molecule has 2 rings (SSSR count). The molecule has 1 fully saturated rings. The molecule has 0 radical (unpaired) electrons. The summed E-state index contributed by atoms with van der Waals surface area (Å²) in [6.07, 6.45) is 2.45. The Labute approximate surface area is 137 Å². The highest BCUT2D eigenvalue weighted by Crippen LogP contribution is 2.30. The van der Waals surface area contributed by atoms with Crippen LogP contribution in [-0.4, -0.2) is 22.9 Å². The molecule has 1 aliphatic rings. The van der Waals surface area contributed by atoms with Gasteiger partial charge < -0.3 is 16.4 Å². The van der Waals surface area contributed by atoms with Crippen molar-refractivity contribution in [2.45, 2.75) is 51.1 Å². The molecule has 122 valence electrons. The summed E-state index contributed by atoms with van der Waals surface area (Å²) >= 11 is 0. The van der Waals surface area contributed by atoms with Gasteiger partial charge in [0.05, 0.1) is 5.54 Å². The quantitative estimate of drug-likeness (QED) is 0.798. The summed E-state index contributed by atoms with van der Waals surface area (Å²) in [4.78, 5) is 24.0. The van der Waals surface area contributed by atoms with E-state index in [1.54, 1.807) is 24.3 Å². The lowest BCUT2D eigenvalue weighted by atomic mass is 9.77. The van der Waals surface area contributed by atoms with Gasteiger partial charge >= 0.3 is 0 Å². The predicted octanol–water partition coefficient (Wildman–Crippen LogP) is 2.46. The van der Waals surface area contributed by atoms with Crippen molar-refractivity contribution < 1.29 is 9.59 Å². The number of nitrogens with two attached hydrogens (primary N) is 1. The van der Waals surface area contributed by atoms with Gasteiger partial charge in [0.2, 0.25) is 5.91 Å². The van der Waals surface area contributed by atoms with Crippen LogP contribution in [0.15, 0.2) is 24.3 Å². The molecule has 1 aliphatic carbocycles. The second-order valence-electron chi connectivity index (χ2n) is 6.75.